The van der Waals surface area contributed by atoms with Crippen LogP contribution in [0.2, 0.25) is 0 Å². The topological polar surface area (TPSA) is 80.9 Å². The fourth-order valence-corrected chi connectivity index (χ4v) is 4.48. The quantitative estimate of drug-likeness (QED) is 0.785. The molecule has 2 aromatic rings. The van der Waals surface area contributed by atoms with E-state index in [1.165, 1.54) is 19.3 Å². The molecule has 1 saturated heterocycles. The normalized spacial score (nSPS) is 23.5. The minimum atomic E-state index is 0.0510. The lowest BCUT2D eigenvalue weighted by Gasteiger charge is -2.35. The molecule has 2 aromatic heterocycles. The molecule has 0 radical (unpaired) electrons. The van der Waals surface area contributed by atoms with Crippen LogP contribution in [0.3, 0.4) is 0 Å². The summed E-state index contributed by atoms with van der Waals surface area (Å²) in [6.07, 6.45) is 9.52. The van der Waals surface area contributed by atoms with Crippen LogP contribution in [-0.2, 0) is 24.9 Å². The van der Waals surface area contributed by atoms with Crippen molar-refractivity contribution in [1.29, 1.82) is 0 Å². The summed E-state index contributed by atoms with van der Waals surface area (Å²) in [6, 6.07) is 2.28. The van der Waals surface area contributed by atoms with Gasteiger partial charge in [0, 0.05) is 44.9 Å². The monoisotopic (exact) mass is 385 g/mol. The zero-order valence-electron chi connectivity index (χ0n) is 16.9. The van der Waals surface area contributed by atoms with Gasteiger partial charge in [-0.05, 0) is 57.2 Å². The molecule has 0 bridgehead atoms. The van der Waals surface area contributed by atoms with E-state index in [0.717, 1.165) is 56.6 Å². The first-order valence-electron chi connectivity index (χ1n) is 10.4. The van der Waals surface area contributed by atoms with Gasteiger partial charge in [0.15, 0.2) is 0 Å². The molecule has 3 heterocycles. The van der Waals surface area contributed by atoms with E-state index in [1.54, 1.807) is 6.92 Å². The highest BCUT2D eigenvalue weighted by atomic mass is 16.1. The van der Waals surface area contributed by atoms with Crippen molar-refractivity contribution < 1.29 is 4.79 Å². The summed E-state index contributed by atoms with van der Waals surface area (Å²) in [5.74, 6) is 3.36. The van der Waals surface area contributed by atoms with Gasteiger partial charge in [-0.25, -0.2) is 0 Å². The van der Waals surface area contributed by atoms with Gasteiger partial charge in [-0.2, -0.15) is 5.10 Å². The molecule has 8 nitrogen and oxygen atoms in total. The van der Waals surface area contributed by atoms with Crippen LogP contribution in [0, 0.1) is 5.92 Å². The standard InChI is InChI=1S/C20H31N7O/c1-15(28)22-18-12-17(13-18)20-24-23-19(25(20)2)14-26-9-4-16(5-10-26)6-11-27-8-3-7-21-27/h3,7-8,16-18H,4-6,9-14H2,1-2H3,(H,22,28). The highest BCUT2D eigenvalue weighted by molar-refractivity contribution is 5.73. The average Bonchev–Trinajstić information content (AvgIpc) is 3.28. The minimum Gasteiger partial charge on any atom is -0.354 e. The Hall–Kier alpha value is -2.22. The number of rotatable bonds is 7. The second kappa shape index (κ2) is 8.43. The number of carbonyl (C=O) groups is 1. The summed E-state index contributed by atoms with van der Waals surface area (Å²) in [5.41, 5.74) is 0. The molecule has 0 aromatic carbocycles. The second-order valence-electron chi connectivity index (χ2n) is 8.38. The Labute approximate surface area is 166 Å². The second-order valence-corrected chi connectivity index (χ2v) is 8.38. The number of hydrogen-bond acceptors (Lipinski definition) is 5. The highest BCUT2D eigenvalue weighted by Gasteiger charge is 2.34. The Morgan fingerprint density at radius 2 is 2.04 bits per heavy atom. The number of aromatic nitrogens is 5. The summed E-state index contributed by atoms with van der Waals surface area (Å²) < 4.78 is 4.20. The smallest absolute Gasteiger partial charge is 0.217 e. The van der Waals surface area contributed by atoms with Gasteiger partial charge in [-0.3, -0.25) is 14.4 Å². The molecule has 2 fully saturated rings. The summed E-state index contributed by atoms with van der Waals surface area (Å²) in [4.78, 5) is 13.7. The van der Waals surface area contributed by atoms with Crippen LogP contribution in [0.15, 0.2) is 18.5 Å². The SMILES string of the molecule is CC(=O)NC1CC(c2nnc(CN3CCC(CCn4cccn4)CC3)n2C)C1. The van der Waals surface area contributed by atoms with Crippen molar-refractivity contribution >= 4 is 5.91 Å². The molecule has 8 heteroatoms. The maximum Gasteiger partial charge on any atom is 0.217 e. The lowest BCUT2D eigenvalue weighted by molar-refractivity contribution is -0.120. The molecule has 1 amide bonds. The highest BCUT2D eigenvalue weighted by Crippen LogP contribution is 2.36. The Morgan fingerprint density at radius 3 is 2.71 bits per heavy atom. The van der Waals surface area contributed by atoms with Gasteiger partial charge in [-0.1, -0.05) is 0 Å². The number of carbonyl (C=O) groups excluding carboxylic acids is 1. The molecular weight excluding hydrogens is 354 g/mol. The molecule has 0 atom stereocenters. The lowest BCUT2D eigenvalue weighted by Crippen LogP contribution is -2.43. The van der Waals surface area contributed by atoms with E-state index >= 15 is 0 Å². The maximum absolute atomic E-state index is 11.2. The van der Waals surface area contributed by atoms with Crippen molar-refractivity contribution in [3.8, 4) is 0 Å². The molecule has 1 saturated carbocycles. The van der Waals surface area contributed by atoms with Crippen LogP contribution in [0.1, 0.15) is 56.6 Å². The molecule has 28 heavy (non-hydrogen) atoms. The molecule has 1 aliphatic carbocycles. The molecule has 2 aliphatic rings. The van der Waals surface area contributed by atoms with E-state index in [2.05, 4.69) is 37.1 Å². The predicted octanol–water partition coefficient (Wildman–Crippen LogP) is 1.70. The van der Waals surface area contributed by atoms with Gasteiger partial charge in [0.25, 0.3) is 0 Å². The molecular formula is C20H31N7O. The van der Waals surface area contributed by atoms with Crippen LogP contribution in [0.4, 0.5) is 0 Å². The van der Waals surface area contributed by atoms with E-state index < -0.39 is 0 Å². The van der Waals surface area contributed by atoms with Crippen LogP contribution in [0.5, 0.6) is 0 Å². The molecule has 0 unspecified atom stereocenters. The van der Waals surface area contributed by atoms with Gasteiger partial charge in [-0.15, -0.1) is 10.2 Å². The van der Waals surface area contributed by atoms with Crippen molar-refractivity contribution in [2.75, 3.05) is 13.1 Å². The third-order valence-electron chi connectivity index (χ3n) is 6.31. The summed E-state index contributed by atoms with van der Waals surface area (Å²) in [6.45, 7) is 5.72. The first-order valence-corrected chi connectivity index (χ1v) is 10.4. The number of likely N-dealkylation sites (tertiary alicyclic amines) is 1. The molecule has 152 valence electrons. The van der Waals surface area contributed by atoms with Crippen LogP contribution in [-0.4, -0.2) is 54.5 Å². The van der Waals surface area contributed by atoms with Gasteiger partial charge < -0.3 is 9.88 Å². The van der Waals surface area contributed by atoms with Crippen LogP contribution >= 0.6 is 0 Å². The fourth-order valence-electron chi connectivity index (χ4n) is 4.48. The Bertz CT molecular complexity index is 771. The van der Waals surface area contributed by atoms with Crippen LogP contribution in [0.25, 0.3) is 0 Å². The maximum atomic E-state index is 11.2. The van der Waals surface area contributed by atoms with E-state index in [9.17, 15) is 4.79 Å². The van der Waals surface area contributed by atoms with Gasteiger partial charge in [0.2, 0.25) is 5.91 Å². The first-order chi connectivity index (χ1) is 13.6. The molecule has 1 aliphatic heterocycles. The zero-order valence-corrected chi connectivity index (χ0v) is 16.9. The number of amides is 1. The van der Waals surface area contributed by atoms with Crippen LogP contribution < -0.4 is 5.32 Å². The van der Waals surface area contributed by atoms with Gasteiger partial charge in [0.1, 0.15) is 11.6 Å². The van der Waals surface area contributed by atoms with E-state index in [4.69, 9.17) is 0 Å². The molecule has 0 spiro atoms. The summed E-state index contributed by atoms with van der Waals surface area (Å²) >= 11 is 0. The number of piperidine rings is 1. The minimum absolute atomic E-state index is 0.0510. The number of nitrogens with one attached hydrogen (secondary N) is 1. The Morgan fingerprint density at radius 1 is 1.25 bits per heavy atom. The van der Waals surface area contributed by atoms with E-state index in [1.807, 2.05) is 23.1 Å². The largest absolute Gasteiger partial charge is 0.354 e. The Balaban J connectivity index is 1.22. The van der Waals surface area contributed by atoms with Gasteiger partial charge >= 0.3 is 0 Å². The van der Waals surface area contributed by atoms with Gasteiger partial charge in [0.05, 0.1) is 6.54 Å². The van der Waals surface area contributed by atoms with Crippen molar-refractivity contribution in [2.45, 2.75) is 64.1 Å². The summed E-state index contributed by atoms with van der Waals surface area (Å²) in [5, 5.41) is 16.2. The third kappa shape index (κ3) is 4.43. The van der Waals surface area contributed by atoms with Crippen molar-refractivity contribution in [3.63, 3.8) is 0 Å². The van der Waals surface area contributed by atoms with Crippen molar-refractivity contribution in [1.82, 2.24) is 34.8 Å². The number of nitrogens with zero attached hydrogens (tertiary/aromatic N) is 6. The zero-order chi connectivity index (χ0) is 19.5. The Kier molecular flexibility index (Phi) is 5.75. The average molecular weight is 386 g/mol. The lowest BCUT2D eigenvalue weighted by atomic mass is 9.79. The first kappa shape index (κ1) is 19.1. The number of hydrogen-bond donors (Lipinski definition) is 1. The van der Waals surface area contributed by atoms with Crippen molar-refractivity contribution in [3.05, 3.63) is 30.1 Å². The van der Waals surface area contributed by atoms with E-state index in [0.29, 0.717) is 12.0 Å². The number of aryl methyl sites for hydroxylation is 1. The molecule has 4 rings (SSSR count). The summed E-state index contributed by atoms with van der Waals surface area (Å²) in [7, 11) is 2.08. The third-order valence-corrected chi connectivity index (χ3v) is 6.31. The van der Waals surface area contributed by atoms with E-state index in [-0.39, 0.29) is 5.91 Å². The van der Waals surface area contributed by atoms with Crippen molar-refractivity contribution in [2.24, 2.45) is 13.0 Å². The molecule has 1 N–H and O–H groups in total. The predicted molar refractivity (Wildman–Crippen MR) is 105 cm³/mol. The fraction of sp³-hybridized carbons (Fsp3) is 0.700.